The van der Waals surface area contributed by atoms with E-state index in [1.54, 1.807) is 12.1 Å². The molecule has 4 nitrogen and oxygen atoms in total. The van der Waals surface area contributed by atoms with Crippen molar-refractivity contribution in [1.82, 2.24) is 0 Å². The van der Waals surface area contributed by atoms with Gasteiger partial charge in [-0.25, -0.2) is 9.18 Å². The van der Waals surface area contributed by atoms with E-state index < -0.39 is 24.5 Å². The average Bonchev–Trinajstić information content (AvgIpc) is 2.64. The molecule has 0 aromatic heterocycles. The van der Waals surface area contributed by atoms with Gasteiger partial charge in [0.25, 0.3) is 0 Å². The summed E-state index contributed by atoms with van der Waals surface area (Å²) in [5.74, 6) is -0.696. The van der Waals surface area contributed by atoms with Gasteiger partial charge in [0.05, 0.1) is 12.0 Å². The molecule has 0 bridgehead atoms. The molecule has 0 fully saturated rings. The monoisotopic (exact) mass is 340 g/mol. The van der Waals surface area contributed by atoms with Crippen LogP contribution in [0.2, 0.25) is 0 Å². The third kappa shape index (κ3) is 3.46. The number of halogens is 1. The number of esters is 1. The second kappa shape index (κ2) is 7.32. The van der Waals surface area contributed by atoms with Gasteiger partial charge in [0, 0.05) is 11.5 Å². The number of aliphatic hydroxyl groups is 1. The summed E-state index contributed by atoms with van der Waals surface area (Å²) < 4.78 is 25.2. The Hall–Kier alpha value is -2.92. The van der Waals surface area contributed by atoms with Crippen LogP contribution in [0.5, 0.6) is 5.75 Å². The van der Waals surface area contributed by atoms with E-state index in [0.717, 1.165) is 16.8 Å². The molecule has 25 heavy (non-hydrogen) atoms. The largest absolute Gasteiger partial charge is 0.488 e. The van der Waals surface area contributed by atoms with E-state index in [-0.39, 0.29) is 6.61 Å². The summed E-state index contributed by atoms with van der Waals surface area (Å²) in [7, 11) is 0. The van der Waals surface area contributed by atoms with E-state index in [4.69, 9.17) is 9.47 Å². The van der Waals surface area contributed by atoms with Crippen LogP contribution in [0.15, 0.2) is 61.2 Å². The first-order valence-electron chi connectivity index (χ1n) is 7.80. The molecule has 0 radical (unpaired) electrons. The molecule has 1 unspecified atom stereocenters. The van der Waals surface area contributed by atoms with Crippen molar-refractivity contribution in [3.8, 4) is 5.75 Å². The Balaban J connectivity index is 2.03. The van der Waals surface area contributed by atoms with Gasteiger partial charge in [-0.05, 0) is 22.9 Å². The van der Waals surface area contributed by atoms with Crippen LogP contribution in [0.4, 0.5) is 4.39 Å². The van der Waals surface area contributed by atoms with Crippen molar-refractivity contribution in [3.05, 3.63) is 67.0 Å². The Labute approximate surface area is 144 Å². The summed E-state index contributed by atoms with van der Waals surface area (Å²) in [4.78, 5) is 11.3. The zero-order chi connectivity index (χ0) is 17.8. The quantitative estimate of drug-likeness (QED) is 0.423. The molecular formula is C20H17FO4. The Morgan fingerprint density at radius 3 is 2.72 bits per heavy atom. The van der Waals surface area contributed by atoms with E-state index in [1.807, 2.05) is 30.3 Å². The maximum absolute atomic E-state index is 14.4. The molecule has 0 aliphatic rings. The van der Waals surface area contributed by atoms with Gasteiger partial charge in [0.1, 0.15) is 18.2 Å². The number of aliphatic hydroxyl groups excluding tert-OH is 1. The van der Waals surface area contributed by atoms with E-state index >= 15 is 0 Å². The van der Waals surface area contributed by atoms with Gasteiger partial charge in [-0.15, -0.1) is 0 Å². The molecule has 3 aromatic carbocycles. The Bertz CT molecular complexity index is 936. The fourth-order valence-electron chi connectivity index (χ4n) is 2.70. The standard InChI is InChI=1S/C20H17FO4/c1-2-18(23)25-15(11-22)12-24-20-16-8-4-3-6-13(16)10-14-7-5-9-17(21)19(14)20/h2-10,15,22H,1,11-12H2. The highest BCUT2D eigenvalue weighted by molar-refractivity contribution is 6.05. The summed E-state index contributed by atoms with van der Waals surface area (Å²) in [5.41, 5.74) is 0. The van der Waals surface area contributed by atoms with Crippen LogP contribution in [-0.2, 0) is 9.53 Å². The molecule has 0 amide bonds. The van der Waals surface area contributed by atoms with Gasteiger partial charge in [-0.2, -0.15) is 0 Å². The lowest BCUT2D eigenvalue weighted by atomic mass is 10.0. The molecule has 0 saturated carbocycles. The number of ether oxygens (including phenoxy) is 2. The second-order valence-corrected chi connectivity index (χ2v) is 5.52. The van der Waals surface area contributed by atoms with Gasteiger partial charge in [0.15, 0.2) is 6.10 Å². The van der Waals surface area contributed by atoms with Crippen LogP contribution in [-0.4, -0.2) is 30.4 Å². The number of hydrogen-bond acceptors (Lipinski definition) is 4. The first-order valence-corrected chi connectivity index (χ1v) is 7.80. The van der Waals surface area contributed by atoms with E-state index in [1.165, 1.54) is 6.07 Å². The highest BCUT2D eigenvalue weighted by Crippen LogP contribution is 2.36. The van der Waals surface area contributed by atoms with Gasteiger partial charge < -0.3 is 14.6 Å². The summed E-state index contributed by atoms with van der Waals surface area (Å²) in [5, 5.41) is 12.1. The molecule has 1 N–H and O–H groups in total. The van der Waals surface area contributed by atoms with Crippen molar-refractivity contribution in [3.63, 3.8) is 0 Å². The lowest BCUT2D eigenvalue weighted by Gasteiger charge is -2.18. The summed E-state index contributed by atoms with van der Waals surface area (Å²) in [6.07, 6.45) is 0.140. The van der Waals surface area contributed by atoms with Crippen LogP contribution < -0.4 is 4.74 Å². The summed E-state index contributed by atoms with van der Waals surface area (Å²) in [6.45, 7) is 2.80. The van der Waals surface area contributed by atoms with Crippen LogP contribution in [0.1, 0.15) is 0 Å². The molecule has 0 aliphatic heterocycles. The van der Waals surface area contributed by atoms with Crippen molar-refractivity contribution in [2.45, 2.75) is 6.10 Å². The fraction of sp³-hybridized carbons (Fsp3) is 0.150. The van der Waals surface area contributed by atoms with Crippen molar-refractivity contribution in [1.29, 1.82) is 0 Å². The number of fused-ring (bicyclic) bond motifs is 2. The van der Waals surface area contributed by atoms with E-state index in [9.17, 15) is 14.3 Å². The third-order valence-corrected chi connectivity index (χ3v) is 3.86. The second-order valence-electron chi connectivity index (χ2n) is 5.52. The number of carbonyl (C=O) groups excluding carboxylic acids is 1. The van der Waals surface area contributed by atoms with E-state index in [0.29, 0.717) is 16.5 Å². The maximum atomic E-state index is 14.4. The maximum Gasteiger partial charge on any atom is 0.330 e. The molecule has 0 spiro atoms. The minimum absolute atomic E-state index is 0.104. The van der Waals surface area contributed by atoms with Crippen molar-refractivity contribution < 1.29 is 23.8 Å². The van der Waals surface area contributed by atoms with Crippen LogP contribution in [0.25, 0.3) is 21.5 Å². The van der Waals surface area contributed by atoms with Gasteiger partial charge in [-0.3, -0.25) is 0 Å². The van der Waals surface area contributed by atoms with Crippen LogP contribution in [0, 0.1) is 5.82 Å². The Kier molecular flexibility index (Phi) is 4.95. The number of rotatable bonds is 6. The molecule has 0 saturated heterocycles. The molecule has 3 aromatic rings. The molecular weight excluding hydrogens is 323 g/mol. The molecule has 5 heteroatoms. The van der Waals surface area contributed by atoms with Crippen molar-refractivity contribution in [2.75, 3.05) is 13.2 Å². The summed E-state index contributed by atoms with van der Waals surface area (Å²) >= 11 is 0. The van der Waals surface area contributed by atoms with Crippen LogP contribution in [0.3, 0.4) is 0 Å². The molecule has 128 valence electrons. The van der Waals surface area contributed by atoms with Crippen LogP contribution >= 0.6 is 0 Å². The normalized spacial score (nSPS) is 12.1. The van der Waals surface area contributed by atoms with E-state index in [2.05, 4.69) is 6.58 Å². The highest BCUT2D eigenvalue weighted by atomic mass is 19.1. The molecule has 0 heterocycles. The molecule has 1 atom stereocenters. The minimum Gasteiger partial charge on any atom is -0.488 e. The lowest BCUT2D eigenvalue weighted by molar-refractivity contribution is -0.146. The number of hydrogen-bond donors (Lipinski definition) is 1. The Morgan fingerprint density at radius 1 is 1.20 bits per heavy atom. The van der Waals surface area contributed by atoms with Crippen molar-refractivity contribution in [2.24, 2.45) is 0 Å². The number of carbonyl (C=O) groups is 1. The first kappa shape index (κ1) is 16.9. The predicted molar refractivity (Wildman–Crippen MR) is 94.1 cm³/mol. The average molecular weight is 340 g/mol. The third-order valence-electron chi connectivity index (χ3n) is 3.86. The zero-order valence-corrected chi connectivity index (χ0v) is 13.4. The lowest BCUT2D eigenvalue weighted by Crippen LogP contribution is -2.28. The highest BCUT2D eigenvalue weighted by Gasteiger charge is 2.17. The zero-order valence-electron chi connectivity index (χ0n) is 13.4. The number of benzene rings is 3. The SMILES string of the molecule is C=CC(=O)OC(CO)COc1c2ccccc2cc2cccc(F)c12. The smallest absolute Gasteiger partial charge is 0.330 e. The van der Waals surface area contributed by atoms with Gasteiger partial charge in [0.2, 0.25) is 0 Å². The summed E-state index contributed by atoms with van der Waals surface area (Å²) in [6, 6.07) is 14.2. The predicted octanol–water partition coefficient (Wildman–Crippen LogP) is 3.60. The topological polar surface area (TPSA) is 55.8 Å². The molecule has 0 aliphatic carbocycles. The minimum atomic E-state index is -0.869. The fourth-order valence-corrected chi connectivity index (χ4v) is 2.70. The van der Waals surface area contributed by atoms with Gasteiger partial charge in [-0.1, -0.05) is 43.0 Å². The Morgan fingerprint density at radius 2 is 1.96 bits per heavy atom. The molecule has 3 rings (SSSR count). The van der Waals surface area contributed by atoms with Crippen molar-refractivity contribution >= 4 is 27.5 Å². The first-order chi connectivity index (χ1) is 12.1. The van der Waals surface area contributed by atoms with Gasteiger partial charge >= 0.3 is 5.97 Å².